The molecule has 2 rings (SSSR count). The van der Waals surface area contributed by atoms with Crippen molar-refractivity contribution < 1.29 is 4.74 Å². The standard InChI is InChI=1S/C11H16OS/c1-2-5-10(4-1)8-12-9-11-6-3-7-13-11/h3,6-7,10H,1-2,4-5,8-9H2. The van der Waals surface area contributed by atoms with E-state index in [2.05, 4.69) is 17.5 Å². The molecular weight excluding hydrogens is 180 g/mol. The first kappa shape index (κ1) is 9.22. The van der Waals surface area contributed by atoms with Crippen LogP contribution in [0.15, 0.2) is 17.5 Å². The smallest absolute Gasteiger partial charge is 0.0809 e. The maximum atomic E-state index is 5.67. The van der Waals surface area contributed by atoms with Gasteiger partial charge < -0.3 is 4.74 Å². The summed E-state index contributed by atoms with van der Waals surface area (Å²) in [6, 6.07) is 4.22. The van der Waals surface area contributed by atoms with Crippen LogP contribution in [0.3, 0.4) is 0 Å². The van der Waals surface area contributed by atoms with E-state index in [4.69, 9.17) is 4.74 Å². The fourth-order valence-corrected chi connectivity index (χ4v) is 2.54. The van der Waals surface area contributed by atoms with E-state index in [0.717, 1.165) is 19.1 Å². The molecule has 0 radical (unpaired) electrons. The summed E-state index contributed by atoms with van der Waals surface area (Å²) in [5.41, 5.74) is 0. The van der Waals surface area contributed by atoms with Crippen LogP contribution in [0.1, 0.15) is 30.6 Å². The lowest BCUT2D eigenvalue weighted by atomic mass is 10.1. The average Bonchev–Trinajstić information content (AvgIpc) is 2.75. The molecule has 0 spiro atoms. The van der Waals surface area contributed by atoms with Crippen molar-refractivity contribution in [3.05, 3.63) is 22.4 Å². The maximum absolute atomic E-state index is 5.67. The second kappa shape index (κ2) is 4.77. The predicted molar refractivity (Wildman–Crippen MR) is 55.9 cm³/mol. The van der Waals surface area contributed by atoms with Crippen molar-refractivity contribution in [1.82, 2.24) is 0 Å². The number of rotatable bonds is 4. The molecule has 2 heteroatoms. The van der Waals surface area contributed by atoms with Gasteiger partial charge in [-0.25, -0.2) is 0 Å². The second-order valence-electron chi connectivity index (χ2n) is 3.74. The van der Waals surface area contributed by atoms with Crippen LogP contribution < -0.4 is 0 Å². The molecule has 0 aromatic carbocycles. The molecule has 0 amide bonds. The van der Waals surface area contributed by atoms with Gasteiger partial charge in [-0.1, -0.05) is 18.9 Å². The van der Waals surface area contributed by atoms with Gasteiger partial charge in [0.05, 0.1) is 6.61 Å². The molecule has 1 aliphatic rings. The first-order valence-corrected chi connectivity index (χ1v) is 5.93. The number of thiophene rings is 1. The van der Waals surface area contributed by atoms with Gasteiger partial charge in [0, 0.05) is 11.5 Å². The van der Waals surface area contributed by atoms with E-state index in [1.165, 1.54) is 30.6 Å². The minimum Gasteiger partial charge on any atom is -0.376 e. The molecule has 0 N–H and O–H groups in total. The van der Waals surface area contributed by atoms with E-state index in [1.54, 1.807) is 11.3 Å². The van der Waals surface area contributed by atoms with Crippen LogP contribution in [0.4, 0.5) is 0 Å². The minimum atomic E-state index is 0.814. The molecule has 1 heterocycles. The van der Waals surface area contributed by atoms with Gasteiger partial charge in [-0.15, -0.1) is 11.3 Å². The van der Waals surface area contributed by atoms with E-state index < -0.39 is 0 Å². The van der Waals surface area contributed by atoms with Crippen molar-refractivity contribution >= 4 is 11.3 Å². The Morgan fingerprint density at radius 3 is 2.92 bits per heavy atom. The van der Waals surface area contributed by atoms with E-state index >= 15 is 0 Å². The van der Waals surface area contributed by atoms with Gasteiger partial charge in [0.25, 0.3) is 0 Å². The van der Waals surface area contributed by atoms with Crippen molar-refractivity contribution in [3.63, 3.8) is 0 Å². The molecule has 1 aliphatic carbocycles. The van der Waals surface area contributed by atoms with Crippen molar-refractivity contribution in [1.29, 1.82) is 0 Å². The summed E-state index contributed by atoms with van der Waals surface area (Å²) in [4.78, 5) is 1.35. The maximum Gasteiger partial charge on any atom is 0.0809 e. The Kier molecular flexibility index (Phi) is 3.39. The van der Waals surface area contributed by atoms with Gasteiger partial charge in [-0.3, -0.25) is 0 Å². The lowest BCUT2D eigenvalue weighted by molar-refractivity contribution is 0.0906. The summed E-state index contributed by atoms with van der Waals surface area (Å²) in [5.74, 6) is 0.847. The third kappa shape index (κ3) is 2.82. The quantitative estimate of drug-likeness (QED) is 0.716. The van der Waals surface area contributed by atoms with Crippen molar-refractivity contribution in [3.8, 4) is 0 Å². The molecule has 1 nitrogen and oxygen atoms in total. The average molecular weight is 196 g/mol. The topological polar surface area (TPSA) is 9.23 Å². The van der Waals surface area contributed by atoms with Gasteiger partial charge in [0.1, 0.15) is 0 Å². The lowest BCUT2D eigenvalue weighted by Gasteiger charge is -2.08. The molecule has 0 bridgehead atoms. The van der Waals surface area contributed by atoms with Gasteiger partial charge in [0.2, 0.25) is 0 Å². The van der Waals surface area contributed by atoms with Crippen molar-refractivity contribution in [2.45, 2.75) is 32.3 Å². The predicted octanol–water partition coefficient (Wildman–Crippen LogP) is 3.45. The highest BCUT2D eigenvalue weighted by Crippen LogP contribution is 2.25. The number of hydrogen-bond donors (Lipinski definition) is 0. The Labute approximate surface area is 83.7 Å². The fourth-order valence-electron chi connectivity index (χ4n) is 1.90. The van der Waals surface area contributed by atoms with E-state index in [9.17, 15) is 0 Å². The Hall–Kier alpha value is -0.340. The summed E-state index contributed by atoms with van der Waals surface area (Å²) in [6.07, 6.45) is 5.58. The summed E-state index contributed by atoms with van der Waals surface area (Å²) in [5, 5.41) is 2.11. The number of ether oxygens (including phenoxy) is 1. The second-order valence-corrected chi connectivity index (χ2v) is 4.78. The third-order valence-electron chi connectivity index (χ3n) is 2.65. The molecule has 0 saturated heterocycles. The van der Waals surface area contributed by atoms with Gasteiger partial charge in [-0.2, -0.15) is 0 Å². The normalized spacial score (nSPS) is 18.2. The Bertz CT molecular complexity index is 224. The van der Waals surface area contributed by atoms with Crippen LogP contribution in [-0.2, 0) is 11.3 Å². The Balaban J connectivity index is 1.63. The lowest BCUT2D eigenvalue weighted by Crippen LogP contribution is -2.04. The summed E-state index contributed by atoms with van der Waals surface area (Å²) in [7, 11) is 0. The Morgan fingerprint density at radius 2 is 2.23 bits per heavy atom. The highest BCUT2D eigenvalue weighted by molar-refractivity contribution is 7.09. The highest BCUT2D eigenvalue weighted by Gasteiger charge is 2.14. The molecule has 1 aromatic rings. The summed E-state index contributed by atoms with van der Waals surface area (Å²) >= 11 is 1.78. The SMILES string of the molecule is c1csc(COCC2CCCC2)c1. The van der Waals surface area contributed by atoms with E-state index in [-0.39, 0.29) is 0 Å². The van der Waals surface area contributed by atoms with Crippen LogP contribution in [-0.4, -0.2) is 6.61 Å². The van der Waals surface area contributed by atoms with Gasteiger partial charge >= 0.3 is 0 Å². The van der Waals surface area contributed by atoms with Crippen LogP contribution in [0, 0.1) is 5.92 Å². The summed E-state index contributed by atoms with van der Waals surface area (Å²) < 4.78 is 5.67. The molecule has 1 fully saturated rings. The van der Waals surface area contributed by atoms with Gasteiger partial charge in [0.15, 0.2) is 0 Å². The van der Waals surface area contributed by atoms with E-state index in [0.29, 0.717) is 0 Å². The highest BCUT2D eigenvalue weighted by atomic mass is 32.1. The van der Waals surface area contributed by atoms with Gasteiger partial charge in [-0.05, 0) is 30.2 Å². The zero-order chi connectivity index (χ0) is 8.93. The van der Waals surface area contributed by atoms with Crippen LogP contribution >= 0.6 is 11.3 Å². The Morgan fingerprint density at radius 1 is 1.38 bits per heavy atom. The van der Waals surface area contributed by atoms with Crippen molar-refractivity contribution in [2.24, 2.45) is 5.92 Å². The zero-order valence-corrected chi connectivity index (χ0v) is 8.69. The van der Waals surface area contributed by atoms with Crippen LogP contribution in [0.2, 0.25) is 0 Å². The molecular formula is C11H16OS. The molecule has 0 atom stereocenters. The zero-order valence-electron chi connectivity index (χ0n) is 7.87. The molecule has 72 valence electrons. The molecule has 0 aliphatic heterocycles. The van der Waals surface area contributed by atoms with Crippen LogP contribution in [0.5, 0.6) is 0 Å². The largest absolute Gasteiger partial charge is 0.376 e. The first-order valence-electron chi connectivity index (χ1n) is 5.05. The van der Waals surface area contributed by atoms with Crippen molar-refractivity contribution in [2.75, 3.05) is 6.61 Å². The molecule has 13 heavy (non-hydrogen) atoms. The monoisotopic (exact) mass is 196 g/mol. The number of hydrogen-bond acceptors (Lipinski definition) is 2. The molecule has 0 unspecified atom stereocenters. The van der Waals surface area contributed by atoms with Crippen LogP contribution in [0.25, 0.3) is 0 Å². The summed E-state index contributed by atoms with van der Waals surface area (Å²) in [6.45, 7) is 1.78. The van der Waals surface area contributed by atoms with E-state index in [1.807, 2.05) is 0 Å². The third-order valence-corrected chi connectivity index (χ3v) is 3.50. The first-order chi connectivity index (χ1) is 6.45. The fraction of sp³-hybridized carbons (Fsp3) is 0.636. The minimum absolute atomic E-state index is 0.814. The molecule has 1 saturated carbocycles. The molecule has 1 aromatic heterocycles.